The maximum Gasteiger partial charge on any atom is 0.259 e. The summed E-state index contributed by atoms with van der Waals surface area (Å²) in [5.41, 5.74) is 4.46. The second-order valence-electron chi connectivity index (χ2n) is 6.09. The highest BCUT2D eigenvalue weighted by Crippen LogP contribution is 2.37. The predicted octanol–water partition coefficient (Wildman–Crippen LogP) is 5.95. The van der Waals surface area contributed by atoms with Gasteiger partial charge in [-0.25, -0.2) is 0 Å². The number of rotatable bonds is 3. The van der Waals surface area contributed by atoms with E-state index in [2.05, 4.69) is 0 Å². The van der Waals surface area contributed by atoms with Gasteiger partial charge in [0.15, 0.2) is 0 Å². The molecular weight excluding hydrogens is 365 g/mol. The fraction of sp³-hybridized carbons (Fsp3) is 0.0455. The molecule has 0 radical (unpaired) electrons. The average Bonchev–Trinajstić information content (AvgIpc) is 3.01. The summed E-state index contributed by atoms with van der Waals surface area (Å²) in [7, 11) is 0. The zero-order valence-electron chi connectivity index (χ0n) is 13.8. The summed E-state index contributed by atoms with van der Waals surface area (Å²) in [5, 5.41) is 1.32. The average molecular weight is 380 g/mol. The van der Waals surface area contributed by atoms with E-state index in [0.717, 1.165) is 28.0 Å². The first-order valence-electron chi connectivity index (χ1n) is 8.25. The molecule has 0 saturated heterocycles. The molecule has 0 saturated carbocycles. The molecule has 0 aromatic heterocycles. The summed E-state index contributed by atoms with van der Waals surface area (Å²) in [6.45, 7) is 0.506. The Morgan fingerprint density at radius 1 is 0.692 bits per heavy atom. The third kappa shape index (κ3) is 3.14. The van der Waals surface area contributed by atoms with Gasteiger partial charge in [0.05, 0.1) is 12.1 Å². The molecule has 4 heteroatoms. The lowest BCUT2D eigenvalue weighted by molar-refractivity contribution is -0.112. The van der Waals surface area contributed by atoms with Crippen molar-refractivity contribution in [1.29, 1.82) is 0 Å². The van der Waals surface area contributed by atoms with Crippen molar-refractivity contribution >= 4 is 45.9 Å². The van der Waals surface area contributed by atoms with Crippen LogP contribution < -0.4 is 4.90 Å². The number of nitrogens with zero attached hydrogens (tertiary/aromatic N) is 1. The maximum atomic E-state index is 13.3. The van der Waals surface area contributed by atoms with E-state index in [4.69, 9.17) is 23.2 Å². The van der Waals surface area contributed by atoms with Gasteiger partial charge in [0.2, 0.25) is 0 Å². The zero-order valence-corrected chi connectivity index (χ0v) is 15.3. The highest BCUT2D eigenvalue weighted by Gasteiger charge is 2.32. The second kappa shape index (κ2) is 6.99. The van der Waals surface area contributed by atoms with Crippen molar-refractivity contribution in [2.45, 2.75) is 0 Å². The molecule has 0 atom stereocenters. The third-order valence-corrected chi connectivity index (χ3v) is 4.97. The van der Waals surface area contributed by atoms with Crippen LogP contribution in [-0.2, 0) is 4.79 Å². The normalized spacial score (nSPS) is 14.2. The van der Waals surface area contributed by atoms with Gasteiger partial charge < -0.3 is 4.90 Å². The molecular formula is C22H15Cl2NO. The largest absolute Gasteiger partial charge is 0.304 e. The number of halogens is 2. The molecule has 0 fully saturated rings. The van der Waals surface area contributed by atoms with Crippen LogP contribution in [0.4, 0.5) is 5.69 Å². The van der Waals surface area contributed by atoms with Crippen molar-refractivity contribution in [2.24, 2.45) is 0 Å². The van der Waals surface area contributed by atoms with E-state index in [-0.39, 0.29) is 5.91 Å². The summed E-state index contributed by atoms with van der Waals surface area (Å²) < 4.78 is 0. The van der Waals surface area contributed by atoms with Crippen LogP contribution in [0.25, 0.3) is 11.1 Å². The Morgan fingerprint density at radius 3 is 1.88 bits per heavy atom. The quantitative estimate of drug-likeness (QED) is 0.550. The Labute approximate surface area is 162 Å². The van der Waals surface area contributed by atoms with Crippen LogP contribution in [0.15, 0.2) is 78.9 Å². The molecule has 0 unspecified atom stereocenters. The second-order valence-corrected chi connectivity index (χ2v) is 6.97. The van der Waals surface area contributed by atoms with Crippen molar-refractivity contribution < 1.29 is 4.79 Å². The Bertz CT molecular complexity index is 977. The minimum atomic E-state index is -0.0107. The van der Waals surface area contributed by atoms with E-state index < -0.39 is 0 Å². The van der Waals surface area contributed by atoms with Gasteiger partial charge in [-0.1, -0.05) is 65.7 Å². The molecule has 0 spiro atoms. The van der Waals surface area contributed by atoms with E-state index in [9.17, 15) is 4.79 Å². The first kappa shape index (κ1) is 16.9. The van der Waals surface area contributed by atoms with Crippen LogP contribution in [0.3, 0.4) is 0 Å². The molecule has 0 N–H and O–H groups in total. The van der Waals surface area contributed by atoms with Crippen molar-refractivity contribution in [3.05, 3.63) is 100 Å². The summed E-state index contributed by atoms with van der Waals surface area (Å²) >= 11 is 12.0. The lowest BCUT2D eigenvalue weighted by Gasteiger charge is -2.17. The molecule has 128 valence electrons. The topological polar surface area (TPSA) is 20.3 Å². The van der Waals surface area contributed by atoms with E-state index in [0.29, 0.717) is 16.6 Å². The molecule has 2 nitrogen and oxygen atoms in total. The molecule has 1 aliphatic heterocycles. The predicted molar refractivity (Wildman–Crippen MR) is 109 cm³/mol. The van der Waals surface area contributed by atoms with E-state index >= 15 is 0 Å². The molecule has 0 aliphatic carbocycles. The van der Waals surface area contributed by atoms with Gasteiger partial charge in [0, 0.05) is 15.7 Å². The first-order valence-corrected chi connectivity index (χ1v) is 9.01. The molecule has 26 heavy (non-hydrogen) atoms. The molecule has 1 heterocycles. The van der Waals surface area contributed by atoms with Crippen LogP contribution in [0.5, 0.6) is 0 Å². The van der Waals surface area contributed by atoms with Crippen LogP contribution in [0.2, 0.25) is 10.0 Å². The van der Waals surface area contributed by atoms with E-state index in [1.807, 2.05) is 66.7 Å². The SMILES string of the molecule is O=C1C(c2ccccc2)=C(c2ccc(Cl)cc2)CN1c1ccc(Cl)cc1. The lowest BCUT2D eigenvalue weighted by atomic mass is 9.97. The number of hydrogen-bond acceptors (Lipinski definition) is 1. The summed E-state index contributed by atoms with van der Waals surface area (Å²) in [6, 6.07) is 24.7. The Hall–Kier alpha value is -2.55. The standard InChI is InChI=1S/C22H15Cl2NO/c23-17-8-6-15(7-9-17)20-14-25(19-12-10-18(24)11-13-19)22(26)21(20)16-4-2-1-3-5-16/h1-13H,14H2. The molecule has 1 amide bonds. The van der Waals surface area contributed by atoms with Gasteiger partial charge >= 0.3 is 0 Å². The monoisotopic (exact) mass is 379 g/mol. The van der Waals surface area contributed by atoms with E-state index in [1.54, 1.807) is 17.0 Å². The first-order chi connectivity index (χ1) is 12.6. The van der Waals surface area contributed by atoms with Gasteiger partial charge in [-0.15, -0.1) is 0 Å². The smallest absolute Gasteiger partial charge is 0.259 e. The Kier molecular flexibility index (Phi) is 4.54. The number of hydrogen-bond donors (Lipinski definition) is 0. The third-order valence-electron chi connectivity index (χ3n) is 4.47. The van der Waals surface area contributed by atoms with Crippen LogP contribution in [-0.4, -0.2) is 12.5 Å². The van der Waals surface area contributed by atoms with Crippen molar-refractivity contribution in [1.82, 2.24) is 0 Å². The molecule has 3 aromatic rings. The van der Waals surface area contributed by atoms with Crippen molar-refractivity contribution in [3.63, 3.8) is 0 Å². The van der Waals surface area contributed by atoms with Gasteiger partial charge in [-0.05, 0) is 53.1 Å². The van der Waals surface area contributed by atoms with E-state index in [1.165, 1.54) is 0 Å². The lowest BCUT2D eigenvalue weighted by Crippen LogP contribution is -2.26. The zero-order chi connectivity index (χ0) is 18.1. The van der Waals surface area contributed by atoms with Crippen LogP contribution >= 0.6 is 23.2 Å². The fourth-order valence-corrected chi connectivity index (χ4v) is 3.44. The summed E-state index contributed by atoms with van der Waals surface area (Å²) in [4.78, 5) is 15.0. The number of benzene rings is 3. The Balaban J connectivity index is 1.82. The van der Waals surface area contributed by atoms with Gasteiger partial charge in [0.1, 0.15) is 0 Å². The minimum Gasteiger partial charge on any atom is -0.304 e. The number of carbonyl (C=O) groups excluding carboxylic acids is 1. The summed E-state index contributed by atoms with van der Waals surface area (Å²) in [6.07, 6.45) is 0. The highest BCUT2D eigenvalue weighted by molar-refractivity contribution is 6.37. The highest BCUT2D eigenvalue weighted by atomic mass is 35.5. The van der Waals surface area contributed by atoms with Crippen molar-refractivity contribution in [2.75, 3.05) is 11.4 Å². The fourth-order valence-electron chi connectivity index (χ4n) is 3.19. The molecule has 1 aliphatic rings. The van der Waals surface area contributed by atoms with Gasteiger partial charge in [-0.3, -0.25) is 4.79 Å². The van der Waals surface area contributed by atoms with Crippen molar-refractivity contribution in [3.8, 4) is 0 Å². The maximum absolute atomic E-state index is 13.3. The van der Waals surface area contributed by atoms with Crippen LogP contribution in [0.1, 0.15) is 11.1 Å². The van der Waals surface area contributed by atoms with Gasteiger partial charge in [-0.2, -0.15) is 0 Å². The summed E-state index contributed by atoms with van der Waals surface area (Å²) in [5.74, 6) is -0.0107. The van der Waals surface area contributed by atoms with Gasteiger partial charge in [0.25, 0.3) is 5.91 Å². The number of amides is 1. The minimum absolute atomic E-state index is 0.0107. The molecule has 3 aromatic carbocycles. The Morgan fingerprint density at radius 2 is 1.27 bits per heavy atom. The molecule has 0 bridgehead atoms. The molecule has 4 rings (SSSR count). The number of anilines is 1. The number of carbonyl (C=O) groups is 1. The van der Waals surface area contributed by atoms with Crippen LogP contribution in [0, 0.1) is 0 Å².